The van der Waals surface area contributed by atoms with Crippen LogP contribution in [0.1, 0.15) is 37.5 Å². The zero-order valence-electron chi connectivity index (χ0n) is 23.0. The molecule has 0 aliphatic heterocycles. The number of carbonyl (C=O) groups is 2. The average molecular weight is 570 g/mol. The van der Waals surface area contributed by atoms with Gasteiger partial charge in [-0.2, -0.15) is 0 Å². The summed E-state index contributed by atoms with van der Waals surface area (Å²) in [6.45, 7) is 5.76. The molecule has 39 heavy (non-hydrogen) atoms. The number of carbonyl (C=O) groups excluding carboxylic acids is 2. The molecule has 3 aromatic carbocycles. The summed E-state index contributed by atoms with van der Waals surface area (Å²) in [6.07, 6.45) is 1.31. The van der Waals surface area contributed by atoms with Crippen molar-refractivity contribution in [2.24, 2.45) is 0 Å². The lowest BCUT2D eigenvalue weighted by molar-refractivity contribution is -0.139. The smallest absolute Gasteiger partial charge is 0.244 e. The third-order valence-electron chi connectivity index (χ3n) is 6.52. The molecular formula is C30H36ClN3O4S. The normalized spacial score (nSPS) is 12.5. The van der Waals surface area contributed by atoms with Gasteiger partial charge in [-0.05, 0) is 40.3 Å². The second-order valence-electron chi connectivity index (χ2n) is 10.5. The maximum absolute atomic E-state index is 14.0. The molecule has 0 aliphatic rings. The van der Waals surface area contributed by atoms with Crippen molar-refractivity contribution in [2.45, 2.75) is 45.2 Å². The standard InChI is InChI=1S/C30H36ClN3O4S/c1-30(2,3)24-15-17-25(18-16-24)34(39(5,37)38)21-28(35)33(20-23-13-9-10-14-26(23)31)27(29(36)32-4)19-22-11-7-6-8-12-22/h6-18,27H,19-21H2,1-5H3,(H,32,36)/t27-/m1/s1. The van der Waals surface area contributed by atoms with Crippen molar-refractivity contribution < 1.29 is 18.0 Å². The fourth-order valence-corrected chi connectivity index (χ4v) is 5.32. The molecule has 1 atom stereocenters. The minimum absolute atomic E-state index is 0.0317. The van der Waals surface area contributed by atoms with Gasteiger partial charge in [0.05, 0.1) is 11.9 Å². The summed E-state index contributed by atoms with van der Waals surface area (Å²) in [4.78, 5) is 28.5. The summed E-state index contributed by atoms with van der Waals surface area (Å²) < 4.78 is 26.9. The molecule has 3 rings (SSSR count). The van der Waals surface area contributed by atoms with Crippen molar-refractivity contribution >= 4 is 39.1 Å². The monoisotopic (exact) mass is 569 g/mol. The molecule has 2 amide bonds. The lowest BCUT2D eigenvalue weighted by Gasteiger charge is -2.33. The predicted molar refractivity (Wildman–Crippen MR) is 157 cm³/mol. The lowest BCUT2D eigenvalue weighted by atomic mass is 9.87. The van der Waals surface area contributed by atoms with E-state index in [9.17, 15) is 18.0 Å². The van der Waals surface area contributed by atoms with Gasteiger partial charge in [-0.15, -0.1) is 0 Å². The van der Waals surface area contributed by atoms with Gasteiger partial charge in [-0.3, -0.25) is 13.9 Å². The summed E-state index contributed by atoms with van der Waals surface area (Å²) in [7, 11) is -2.32. The Bertz CT molecular complexity index is 1390. The van der Waals surface area contributed by atoms with E-state index < -0.39 is 28.5 Å². The Morgan fingerprint density at radius 2 is 1.51 bits per heavy atom. The summed E-state index contributed by atoms with van der Waals surface area (Å²) >= 11 is 6.43. The second-order valence-corrected chi connectivity index (χ2v) is 12.8. The maximum Gasteiger partial charge on any atom is 0.244 e. The van der Waals surface area contributed by atoms with E-state index in [-0.39, 0.29) is 24.3 Å². The molecule has 0 aromatic heterocycles. The van der Waals surface area contributed by atoms with Crippen molar-refractivity contribution in [3.63, 3.8) is 0 Å². The Morgan fingerprint density at radius 3 is 2.05 bits per heavy atom. The van der Waals surface area contributed by atoms with E-state index in [4.69, 9.17) is 11.6 Å². The first-order valence-electron chi connectivity index (χ1n) is 12.7. The van der Waals surface area contributed by atoms with Gasteiger partial charge >= 0.3 is 0 Å². The molecule has 0 saturated heterocycles. The number of anilines is 1. The number of amides is 2. The zero-order valence-corrected chi connectivity index (χ0v) is 24.6. The van der Waals surface area contributed by atoms with Crippen molar-refractivity contribution in [2.75, 3.05) is 24.2 Å². The van der Waals surface area contributed by atoms with Crippen LogP contribution in [0.2, 0.25) is 5.02 Å². The van der Waals surface area contributed by atoms with Gasteiger partial charge in [0, 0.05) is 25.0 Å². The molecule has 0 aliphatic carbocycles. The highest BCUT2D eigenvalue weighted by atomic mass is 35.5. The summed E-state index contributed by atoms with van der Waals surface area (Å²) in [6, 6.07) is 22.7. The van der Waals surface area contributed by atoms with Crippen LogP contribution in [0.15, 0.2) is 78.9 Å². The number of halogens is 1. The lowest BCUT2D eigenvalue weighted by Crippen LogP contribution is -2.52. The van der Waals surface area contributed by atoms with Crippen LogP contribution in [0.25, 0.3) is 0 Å². The number of hydrogen-bond acceptors (Lipinski definition) is 4. The van der Waals surface area contributed by atoms with Gasteiger partial charge in [-0.25, -0.2) is 8.42 Å². The average Bonchev–Trinajstić information content (AvgIpc) is 2.89. The molecular weight excluding hydrogens is 534 g/mol. The van der Waals surface area contributed by atoms with Crippen molar-refractivity contribution in [1.82, 2.24) is 10.2 Å². The van der Waals surface area contributed by atoms with Crippen LogP contribution in [0, 0.1) is 0 Å². The Hall–Kier alpha value is -3.36. The van der Waals surface area contributed by atoms with E-state index in [0.717, 1.165) is 21.7 Å². The van der Waals surface area contributed by atoms with Crippen LogP contribution in [0.3, 0.4) is 0 Å². The van der Waals surface area contributed by atoms with E-state index in [0.29, 0.717) is 16.3 Å². The Kier molecular flexibility index (Phi) is 9.80. The molecule has 7 nitrogen and oxygen atoms in total. The van der Waals surface area contributed by atoms with Gasteiger partial charge in [0.15, 0.2) is 0 Å². The number of nitrogens with one attached hydrogen (secondary N) is 1. The van der Waals surface area contributed by atoms with Crippen molar-refractivity contribution in [3.05, 3.63) is 101 Å². The first-order chi connectivity index (χ1) is 18.3. The van der Waals surface area contributed by atoms with Crippen LogP contribution < -0.4 is 9.62 Å². The number of rotatable bonds is 10. The summed E-state index contributed by atoms with van der Waals surface area (Å²) in [5.74, 6) is -0.885. The van der Waals surface area contributed by atoms with E-state index in [1.807, 2.05) is 42.5 Å². The molecule has 0 unspecified atom stereocenters. The molecule has 9 heteroatoms. The highest BCUT2D eigenvalue weighted by molar-refractivity contribution is 7.92. The topological polar surface area (TPSA) is 86.8 Å². The van der Waals surface area contributed by atoms with Gasteiger partial charge in [0.1, 0.15) is 12.6 Å². The number of benzene rings is 3. The number of hydrogen-bond donors (Lipinski definition) is 1. The molecule has 0 bridgehead atoms. The maximum atomic E-state index is 14.0. The number of likely N-dealkylation sites (N-methyl/N-ethyl adjacent to an activating group) is 1. The molecule has 3 aromatic rings. The second kappa shape index (κ2) is 12.7. The van der Waals surface area contributed by atoms with Gasteiger partial charge in [0.2, 0.25) is 21.8 Å². The van der Waals surface area contributed by atoms with Gasteiger partial charge in [0.25, 0.3) is 0 Å². The predicted octanol–water partition coefficient (Wildman–Crippen LogP) is 4.79. The van der Waals surface area contributed by atoms with Gasteiger partial charge < -0.3 is 10.2 Å². The minimum Gasteiger partial charge on any atom is -0.357 e. The Balaban J connectivity index is 2.03. The minimum atomic E-state index is -3.83. The fourth-order valence-electron chi connectivity index (χ4n) is 4.27. The van der Waals surface area contributed by atoms with E-state index in [2.05, 4.69) is 26.1 Å². The molecule has 208 valence electrons. The molecule has 0 heterocycles. The molecule has 0 radical (unpaired) electrons. The molecule has 0 saturated carbocycles. The largest absolute Gasteiger partial charge is 0.357 e. The fraction of sp³-hybridized carbons (Fsp3) is 0.333. The van der Waals surface area contributed by atoms with Crippen LogP contribution in [-0.4, -0.2) is 51.0 Å². The zero-order chi connectivity index (χ0) is 28.8. The first-order valence-corrected chi connectivity index (χ1v) is 14.9. The molecule has 0 fully saturated rings. The quantitative estimate of drug-likeness (QED) is 0.380. The van der Waals surface area contributed by atoms with E-state index >= 15 is 0 Å². The van der Waals surface area contributed by atoms with Crippen LogP contribution in [0.5, 0.6) is 0 Å². The molecule has 0 spiro atoms. The first kappa shape index (κ1) is 30.2. The Labute approximate surface area is 236 Å². The van der Waals surface area contributed by atoms with Crippen LogP contribution in [-0.2, 0) is 38.0 Å². The summed E-state index contributed by atoms with van der Waals surface area (Å²) in [5.41, 5.74) is 2.80. The third kappa shape index (κ3) is 8.07. The van der Waals surface area contributed by atoms with Gasteiger partial charge in [-0.1, -0.05) is 93.0 Å². The van der Waals surface area contributed by atoms with Crippen molar-refractivity contribution in [3.8, 4) is 0 Å². The SMILES string of the molecule is CNC(=O)[C@@H](Cc1ccccc1)N(Cc1ccccc1Cl)C(=O)CN(c1ccc(C(C)(C)C)cc1)S(C)(=O)=O. The highest BCUT2D eigenvalue weighted by Gasteiger charge is 2.33. The molecule has 1 N–H and O–H groups in total. The Morgan fingerprint density at radius 1 is 0.923 bits per heavy atom. The third-order valence-corrected chi connectivity index (χ3v) is 8.03. The van der Waals surface area contributed by atoms with Crippen LogP contribution >= 0.6 is 11.6 Å². The highest BCUT2D eigenvalue weighted by Crippen LogP contribution is 2.27. The summed E-state index contributed by atoms with van der Waals surface area (Å²) in [5, 5.41) is 3.11. The number of nitrogens with zero attached hydrogens (tertiary/aromatic N) is 2. The van der Waals surface area contributed by atoms with E-state index in [1.165, 1.54) is 11.9 Å². The van der Waals surface area contributed by atoms with Crippen molar-refractivity contribution in [1.29, 1.82) is 0 Å². The van der Waals surface area contributed by atoms with Crippen LogP contribution in [0.4, 0.5) is 5.69 Å². The van der Waals surface area contributed by atoms with E-state index in [1.54, 1.807) is 36.4 Å². The number of sulfonamides is 1.